The van der Waals surface area contributed by atoms with Gasteiger partial charge in [-0.25, -0.2) is 18.5 Å². The highest BCUT2D eigenvalue weighted by atomic mass is 32.2. The van der Waals surface area contributed by atoms with Gasteiger partial charge < -0.3 is 4.98 Å². The van der Waals surface area contributed by atoms with E-state index < -0.39 is 10.0 Å². The van der Waals surface area contributed by atoms with Gasteiger partial charge in [-0.15, -0.1) is 10.2 Å². The number of azo groups is 1. The molecule has 18 heavy (non-hydrogen) atoms. The predicted octanol–water partition coefficient (Wildman–Crippen LogP) is 1.78. The Balaban J connectivity index is 2.18. The zero-order valence-corrected chi connectivity index (χ0v) is 10.3. The highest BCUT2D eigenvalue weighted by Gasteiger charge is 2.06. The van der Waals surface area contributed by atoms with Crippen molar-refractivity contribution in [3.63, 3.8) is 0 Å². The number of primary sulfonamides is 1. The molecule has 0 atom stereocenters. The highest BCUT2D eigenvalue weighted by Crippen LogP contribution is 2.18. The van der Waals surface area contributed by atoms with Gasteiger partial charge in [0, 0.05) is 0 Å². The molecule has 7 nitrogen and oxygen atoms in total. The summed E-state index contributed by atoms with van der Waals surface area (Å²) in [5, 5.41) is 12.8. The van der Waals surface area contributed by atoms with E-state index >= 15 is 0 Å². The van der Waals surface area contributed by atoms with E-state index in [9.17, 15) is 8.42 Å². The minimum atomic E-state index is -3.67. The van der Waals surface area contributed by atoms with Crippen LogP contribution in [0.25, 0.3) is 0 Å². The lowest BCUT2D eigenvalue weighted by Gasteiger charge is -1.97. The Hall–Kier alpha value is -2.06. The highest BCUT2D eigenvalue weighted by molar-refractivity contribution is 7.89. The molecule has 0 bridgehead atoms. The molecule has 0 saturated heterocycles. The van der Waals surface area contributed by atoms with Crippen molar-refractivity contribution in [2.24, 2.45) is 15.4 Å². The van der Waals surface area contributed by atoms with Crippen LogP contribution in [0.3, 0.4) is 0 Å². The number of nitrogens with one attached hydrogen (secondary N) is 1. The molecule has 0 unspecified atom stereocenters. The number of aromatic nitrogens is 2. The van der Waals surface area contributed by atoms with E-state index in [1.165, 1.54) is 24.3 Å². The number of aromatic amines is 1. The second-order valence-corrected chi connectivity index (χ2v) is 5.15. The second kappa shape index (κ2) is 4.67. The largest absolute Gasteiger partial charge is 0.326 e. The van der Waals surface area contributed by atoms with Gasteiger partial charge in [0.2, 0.25) is 10.0 Å². The van der Waals surface area contributed by atoms with Crippen LogP contribution < -0.4 is 5.14 Å². The number of benzene rings is 1. The van der Waals surface area contributed by atoms with Crippen LogP contribution in [-0.4, -0.2) is 18.4 Å². The van der Waals surface area contributed by atoms with Gasteiger partial charge in [0.05, 0.1) is 16.8 Å². The van der Waals surface area contributed by atoms with E-state index in [1.54, 1.807) is 13.1 Å². The summed E-state index contributed by atoms with van der Waals surface area (Å²) >= 11 is 0. The van der Waals surface area contributed by atoms with Crippen molar-refractivity contribution in [2.75, 3.05) is 0 Å². The average Bonchev–Trinajstić information content (AvgIpc) is 2.72. The maximum absolute atomic E-state index is 11.0. The van der Waals surface area contributed by atoms with Gasteiger partial charge >= 0.3 is 0 Å². The fraction of sp³-hybridized carbons (Fsp3) is 0.100. The van der Waals surface area contributed by atoms with Gasteiger partial charge in [0.1, 0.15) is 5.82 Å². The Morgan fingerprint density at radius 1 is 1.22 bits per heavy atom. The Kier molecular flexibility index (Phi) is 3.21. The molecule has 1 aromatic heterocycles. The summed E-state index contributed by atoms with van der Waals surface area (Å²) in [6.45, 7) is 1.81. The first kappa shape index (κ1) is 12.4. The third-order valence-electron chi connectivity index (χ3n) is 2.13. The monoisotopic (exact) mass is 265 g/mol. The zero-order chi connectivity index (χ0) is 13.2. The van der Waals surface area contributed by atoms with Crippen molar-refractivity contribution in [3.05, 3.63) is 36.3 Å². The van der Waals surface area contributed by atoms with Crippen LogP contribution in [0.1, 0.15) is 5.82 Å². The molecule has 3 N–H and O–H groups in total. The van der Waals surface area contributed by atoms with Crippen LogP contribution in [0.15, 0.2) is 45.6 Å². The molecule has 8 heteroatoms. The second-order valence-electron chi connectivity index (χ2n) is 3.59. The van der Waals surface area contributed by atoms with Crippen molar-refractivity contribution in [1.29, 1.82) is 0 Å². The molecule has 94 valence electrons. The summed E-state index contributed by atoms with van der Waals surface area (Å²) in [4.78, 5) is 6.91. The third kappa shape index (κ3) is 2.99. The molecule has 0 aliphatic rings. The molecule has 0 aliphatic carbocycles. The summed E-state index contributed by atoms with van der Waals surface area (Å²) in [7, 11) is -3.67. The molecule has 1 aromatic carbocycles. The first-order valence-electron chi connectivity index (χ1n) is 5.01. The van der Waals surface area contributed by atoms with Crippen LogP contribution in [0.2, 0.25) is 0 Å². The average molecular weight is 265 g/mol. The smallest absolute Gasteiger partial charge is 0.238 e. The van der Waals surface area contributed by atoms with E-state index in [0.717, 1.165) is 5.82 Å². The first-order valence-corrected chi connectivity index (χ1v) is 6.56. The van der Waals surface area contributed by atoms with Crippen LogP contribution in [-0.2, 0) is 10.0 Å². The normalized spacial score (nSPS) is 12.1. The number of hydrogen-bond acceptors (Lipinski definition) is 5. The van der Waals surface area contributed by atoms with Crippen molar-refractivity contribution in [2.45, 2.75) is 11.8 Å². The fourth-order valence-corrected chi connectivity index (χ4v) is 1.79. The standard InChI is InChI=1S/C10H11N5O2S/c1-7-12-6-10(13-7)15-14-8-2-4-9(5-3-8)18(11,16)17/h2-6H,1H3,(H,12,13)(H2,11,16,17). The maximum Gasteiger partial charge on any atom is 0.238 e. The fourth-order valence-electron chi connectivity index (χ4n) is 1.27. The van der Waals surface area contributed by atoms with Gasteiger partial charge in [-0.1, -0.05) is 0 Å². The summed E-state index contributed by atoms with van der Waals surface area (Å²) in [6, 6.07) is 5.79. The van der Waals surface area contributed by atoms with E-state index in [-0.39, 0.29) is 4.90 Å². The van der Waals surface area contributed by atoms with Crippen LogP contribution in [0.4, 0.5) is 11.5 Å². The lowest BCUT2D eigenvalue weighted by molar-refractivity contribution is 0.598. The summed E-state index contributed by atoms with van der Waals surface area (Å²) in [6.07, 6.45) is 1.55. The maximum atomic E-state index is 11.0. The van der Waals surface area contributed by atoms with Crippen LogP contribution in [0.5, 0.6) is 0 Å². The number of sulfonamides is 1. The van der Waals surface area contributed by atoms with Gasteiger partial charge in [-0.05, 0) is 31.2 Å². The lowest BCUT2D eigenvalue weighted by atomic mass is 10.3. The van der Waals surface area contributed by atoms with Crippen LogP contribution in [0, 0.1) is 6.92 Å². The summed E-state index contributed by atoms with van der Waals surface area (Å²) in [5.41, 5.74) is 0.523. The molecule has 0 fully saturated rings. The lowest BCUT2D eigenvalue weighted by Crippen LogP contribution is -2.11. The number of rotatable bonds is 3. The molecular weight excluding hydrogens is 254 g/mol. The Bertz CT molecular complexity index is 673. The van der Waals surface area contributed by atoms with Gasteiger partial charge in [-0.3, -0.25) is 0 Å². The molecule has 0 saturated carbocycles. The van der Waals surface area contributed by atoms with Gasteiger partial charge in [0.25, 0.3) is 0 Å². The van der Waals surface area contributed by atoms with Crippen molar-refractivity contribution < 1.29 is 8.42 Å². The van der Waals surface area contributed by atoms with E-state index in [0.29, 0.717) is 11.5 Å². The topological polar surface area (TPSA) is 114 Å². The number of nitrogens with zero attached hydrogens (tertiary/aromatic N) is 3. The van der Waals surface area contributed by atoms with Crippen molar-refractivity contribution in [3.8, 4) is 0 Å². The minimum absolute atomic E-state index is 0.0406. The molecule has 0 amide bonds. The molecule has 1 heterocycles. The minimum Gasteiger partial charge on any atom is -0.326 e. The van der Waals surface area contributed by atoms with E-state index in [4.69, 9.17) is 5.14 Å². The SMILES string of the molecule is Cc1ncc(N=Nc2ccc(S(N)(=O)=O)cc2)[nH]1. The molecule has 0 radical (unpaired) electrons. The predicted molar refractivity (Wildman–Crippen MR) is 65.3 cm³/mol. The number of hydrogen-bond donors (Lipinski definition) is 2. The zero-order valence-electron chi connectivity index (χ0n) is 9.53. The summed E-state index contributed by atoms with van der Waals surface area (Å²) in [5.74, 6) is 1.27. The molecular formula is C10H11N5O2S. The molecule has 2 rings (SSSR count). The summed E-state index contributed by atoms with van der Waals surface area (Å²) < 4.78 is 22.1. The molecule has 2 aromatic rings. The Labute approximate surface area is 104 Å². The van der Waals surface area contributed by atoms with E-state index in [1.807, 2.05) is 0 Å². The number of H-pyrrole nitrogens is 1. The third-order valence-corrected chi connectivity index (χ3v) is 3.06. The van der Waals surface area contributed by atoms with E-state index in [2.05, 4.69) is 20.2 Å². The quantitative estimate of drug-likeness (QED) is 0.824. The number of imidazole rings is 1. The van der Waals surface area contributed by atoms with Gasteiger partial charge in [0.15, 0.2) is 5.82 Å². The van der Waals surface area contributed by atoms with Crippen molar-refractivity contribution in [1.82, 2.24) is 9.97 Å². The Morgan fingerprint density at radius 3 is 2.39 bits per heavy atom. The van der Waals surface area contributed by atoms with Crippen molar-refractivity contribution >= 4 is 21.5 Å². The number of nitrogens with two attached hydrogens (primary N) is 1. The van der Waals surface area contributed by atoms with Crippen LogP contribution >= 0.6 is 0 Å². The van der Waals surface area contributed by atoms with Gasteiger partial charge in [-0.2, -0.15) is 0 Å². The molecule has 0 aliphatic heterocycles. The first-order chi connectivity index (χ1) is 8.45. The molecule has 0 spiro atoms. The number of aryl methyl sites for hydroxylation is 1. The Morgan fingerprint density at radius 2 is 1.89 bits per heavy atom.